The monoisotopic (exact) mass is 424 g/mol. The molecule has 2 aliphatic carbocycles. The lowest BCUT2D eigenvalue weighted by atomic mass is 9.90. The second-order valence-corrected chi connectivity index (χ2v) is 9.72. The molecule has 11 heteroatoms. The predicted octanol–water partition coefficient (Wildman–Crippen LogP) is 3.32. The summed E-state index contributed by atoms with van der Waals surface area (Å²) in [6, 6.07) is 0.173. The maximum atomic E-state index is 12.7. The molecule has 1 atom stereocenters. The van der Waals surface area contributed by atoms with E-state index in [2.05, 4.69) is 28.6 Å². The van der Waals surface area contributed by atoms with Gasteiger partial charge in [-0.1, -0.05) is 13.8 Å². The third kappa shape index (κ3) is 3.52. The number of carbonyl (C=O) groups is 1. The topological polar surface area (TPSA) is 115 Å². The number of nitrogens with zero attached hydrogens (tertiary/aromatic N) is 4. The van der Waals surface area contributed by atoms with Crippen LogP contribution in [0.5, 0.6) is 0 Å². The van der Waals surface area contributed by atoms with E-state index in [1.165, 1.54) is 0 Å². The Morgan fingerprint density at radius 3 is 2.79 bits per heavy atom. The molecule has 8 nitrogen and oxygen atoms in total. The van der Waals surface area contributed by atoms with Crippen molar-refractivity contribution in [3.05, 3.63) is 34.8 Å². The summed E-state index contributed by atoms with van der Waals surface area (Å²) in [6.07, 6.45) is 5.21. The van der Waals surface area contributed by atoms with Crippen LogP contribution in [0.3, 0.4) is 0 Å². The highest BCUT2D eigenvalue weighted by Crippen LogP contribution is 2.44. The van der Waals surface area contributed by atoms with Crippen LogP contribution in [0.2, 0.25) is 0 Å². The van der Waals surface area contributed by atoms with E-state index in [4.69, 9.17) is 10.1 Å². The Morgan fingerprint density at radius 2 is 2.10 bits per heavy atom. The number of urea groups is 1. The third-order valence-electron chi connectivity index (χ3n) is 5.50. The molecule has 156 valence electrons. The Balaban J connectivity index is 1.69. The van der Waals surface area contributed by atoms with Gasteiger partial charge in [0.2, 0.25) is 0 Å². The molecule has 2 aliphatic rings. The molecule has 0 aromatic carbocycles. The van der Waals surface area contributed by atoms with Crippen molar-refractivity contribution in [2.45, 2.75) is 62.9 Å². The zero-order chi connectivity index (χ0) is 21.0. The molecule has 29 heavy (non-hydrogen) atoms. The van der Waals surface area contributed by atoms with Crippen LogP contribution >= 0.6 is 0 Å². The Labute approximate surface area is 167 Å². The van der Waals surface area contributed by atoms with Gasteiger partial charge in [0.25, 0.3) is 0 Å². The molecule has 2 aromatic heterocycles. The number of nitrogens with one attached hydrogen (secondary N) is 1. The highest BCUT2D eigenvalue weighted by molar-refractivity contribution is 7.91. The number of anilines is 1. The van der Waals surface area contributed by atoms with Crippen molar-refractivity contribution in [3.63, 3.8) is 0 Å². The molecule has 0 spiro atoms. The van der Waals surface area contributed by atoms with Gasteiger partial charge in [0.15, 0.2) is 14.9 Å². The molecule has 3 N–H and O–H groups in total. The van der Waals surface area contributed by atoms with Gasteiger partial charge in [-0.15, -0.1) is 4.36 Å². The van der Waals surface area contributed by atoms with E-state index in [1.54, 1.807) is 0 Å². The second-order valence-electron chi connectivity index (χ2n) is 7.98. The lowest BCUT2D eigenvalue weighted by Crippen LogP contribution is -2.20. The van der Waals surface area contributed by atoms with Crippen LogP contribution in [0, 0.1) is 0 Å². The predicted molar refractivity (Wildman–Crippen MR) is 103 cm³/mol. The average molecular weight is 424 g/mol. The van der Waals surface area contributed by atoms with E-state index >= 15 is 0 Å². The molecule has 0 saturated carbocycles. The number of hydrogen-bond donors (Lipinski definition) is 2. The summed E-state index contributed by atoms with van der Waals surface area (Å²) in [5.74, 6) is 0. The van der Waals surface area contributed by atoms with Crippen molar-refractivity contribution in [2.24, 2.45) is 9.50 Å². The number of halogens is 2. The van der Waals surface area contributed by atoms with Crippen molar-refractivity contribution >= 4 is 21.6 Å². The minimum absolute atomic E-state index is 0.0902. The number of nitrogens with two attached hydrogens (primary N) is 1. The highest BCUT2D eigenvalue weighted by atomic mass is 32.2. The molecule has 0 aliphatic heterocycles. The zero-order valence-electron chi connectivity index (χ0n) is 16.1. The van der Waals surface area contributed by atoms with E-state index in [0.29, 0.717) is 10.4 Å². The van der Waals surface area contributed by atoms with Gasteiger partial charge in [0.05, 0.1) is 11.4 Å². The molecule has 0 fully saturated rings. The minimum Gasteiger partial charge on any atom is -0.305 e. The summed E-state index contributed by atoms with van der Waals surface area (Å²) in [5, 5.41) is 11.5. The van der Waals surface area contributed by atoms with Crippen LogP contribution in [0.25, 0.3) is 0 Å². The van der Waals surface area contributed by atoms with Crippen LogP contribution in [-0.4, -0.2) is 25.0 Å². The maximum absolute atomic E-state index is 12.7. The van der Waals surface area contributed by atoms with E-state index < -0.39 is 22.5 Å². The summed E-state index contributed by atoms with van der Waals surface area (Å²) in [6.45, 7) is 1.34. The van der Waals surface area contributed by atoms with Crippen LogP contribution in [0.1, 0.15) is 55.8 Å². The Morgan fingerprint density at radius 1 is 1.34 bits per heavy atom. The normalized spacial score (nSPS) is 19.0. The van der Waals surface area contributed by atoms with Crippen molar-refractivity contribution in [3.8, 4) is 0 Å². The lowest BCUT2D eigenvalue weighted by Gasteiger charge is -2.20. The number of aryl methyl sites for hydroxylation is 1. The first-order chi connectivity index (χ1) is 13.6. The summed E-state index contributed by atoms with van der Waals surface area (Å²) < 4.78 is 41.8. The summed E-state index contributed by atoms with van der Waals surface area (Å²) >= 11 is 0. The Bertz CT molecular complexity index is 1120. The first kappa shape index (κ1) is 19.9. The second kappa shape index (κ2) is 6.84. The van der Waals surface area contributed by atoms with Gasteiger partial charge in [-0.3, -0.25) is 4.98 Å². The van der Waals surface area contributed by atoms with E-state index in [9.17, 15) is 17.8 Å². The molecule has 4 rings (SSSR count). The number of alkyl halides is 2. The van der Waals surface area contributed by atoms with E-state index in [1.807, 2.05) is 0 Å². The number of fused-ring (bicyclic) bond motifs is 2. The van der Waals surface area contributed by atoms with Gasteiger partial charge in [0.1, 0.15) is 0 Å². The van der Waals surface area contributed by atoms with Crippen LogP contribution in [0.4, 0.5) is 19.3 Å². The smallest absolute Gasteiger partial charge is 0.305 e. The van der Waals surface area contributed by atoms with Gasteiger partial charge >= 0.3 is 12.6 Å². The first-order valence-corrected chi connectivity index (χ1v) is 10.9. The summed E-state index contributed by atoms with van der Waals surface area (Å²) in [7, 11) is -3.76. The SMILES string of the molecule is CC1(C)CCc2c1nc1c(c2NC(=O)N=[S@@](N)(=O)c2ccn(C(F)F)n2)CCC1. The first-order valence-electron chi connectivity index (χ1n) is 9.33. The van der Waals surface area contributed by atoms with Crippen LogP contribution in [-0.2, 0) is 34.6 Å². The molecule has 0 saturated heterocycles. The summed E-state index contributed by atoms with van der Waals surface area (Å²) in [4.78, 5) is 17.4. The fraction of sp³-hybridized carbons (Fsp3) is 0.500. The maximum Gasteiger partial charge on any atom is 0.354 e. The standard InChI is InChI=1S/C18H22F2N6O2S/c1-18(2)8-6-11-14(10-4-3-5-12(10)22-15(11)18)23-17(27)25-29(21,28)13-7-9-26(24-13)16(19)20/h7,9,16H,3-6,8H2,1-2H3,(H3,21,22,23,25,27,28)/t29-/m1/s1. The Kier molecular flexibility index (Phi) is 4.69. The average Bonchev–Trinajstić information content (AvgIpc) is 3.34. The quantitative estimate of drug-likeness (QED) is 0.786. The molecule has 2 amide bonds. The van der Waals surface area contributed by atoms with Gasteiger partial charge in [-0.2, -0.15) is 13.9 Å². The number of amides is 2. The molecule has 0 radical (unpaired) electrons. The van der Waals surface area contributed by atoms with Crippen molar-refractivity contribution in [2.75, 3.05) is 5.32 Å². The van der Waals surface area contributed by atoms with Gasteiger partial charge in [0, 0.05) is 17.3 Å². The molecular weight excluding hydrogens is 402 g/mol. The molecular formula is C18H22F2N6O2S. The fourth-order valence-corrected chi connectivity index (χ4v) is 4.87. The van der Waals surface area contributed by atoms with Crippen molar-refractivity contribution in [1.82, 2.24) is 14.8 Å². The largest absolute Gasteiger partial charge is 0.354 e. The summed E-state index contributed by atoms with van der Waals surface area (Å²) in [5.41, 5.74) is 4.48. The molecule has 0 bridgehead atoms. The van der Waals surface area contributed by atoms with Crippen LogP contribution in [0.15, 0.2) is 21.7 Å². The molecule has 2 aromatic rings. The number of carbonyl (C=O) groups excluding carboxylic acids is 1. The fourth-order valence-electron chi connectivity index (χ4n) is 4.02. The zero-order valence-corrected chi connectivity index (χ0v) is 16.9. The molecule has 2 heterocycles. The van der Waals surface area contributed by atoms with Gasteiger partial charge in [-0.25, -0.2) is 18.8 Å². The highest BCUT2D eigenvalue weighted by Gasteiger charge is 2.36. The number of aromatic nitrogens is 3. The number of pyridine rings is 1. The minimum atomic E-state index is -3.76. The van der Waals surface area contributed by atoms with E-state index in [-0.39, 0.29) is 10.4 Å². The van der Waals surface area contributed by atoms with Gasteiger partial charge < -0.3 is 5.32 Å². The number of hydrogen-bond acceptors (Lipinski definition) is 4. The van der Waals surface area contributed by atoms with Crippen LogP contribution < -0.4 is 10.5 Å². The Hall–Kier alpha value is -2.40. The lowest BCUT2D eigenvalue weighted by molar-refractivity contribution is 0.0554. The third-order valence-corrected chi connectivity index (χ3v) is 6.75. The number of rotatable bonds is 3. The molecule has 0 unspecified atom stereocenters. The van der Waals surface area contributed by atoms with Crippen molar-refractivity contribution < 1.29 is 17.8 Å². The van der Waals surface area contributed by atoms with E-state index in [0.717, 1.165) is 66.9 Å². The van der Waals surface area contributed by atoms with Gasteiger partial charge in [-0.05, 0) is 49.3 Å². The van der Waals surface area contributed by atoms with Crippen molar-refractivity contribution in [1.29, 1.82) is 0 Å².